The van der Waals surface area contributed by atoms with Crippen molar-refractivity contribution in [2.24, 2.45) is 5.10 Å². The van der Waals surface area contributed by atoms with Gasteiger partial charge in [0.2, 0.25) is 0 Å². The summed E-state index contributed by atoms with van der Waals surface area (Å²) in [5.41, 5.74) is 6.98. The van der Waals surface area contributed by atoms with E-state index in [1.807, 2.05) is 13.0 Å². The van der Waals surface area contributed by atoms with Gasteiger partial charge in [-0.1, -0.05) is 12.1 Å². The molecule has 0 radical (unpaired) electrons. The Balaban J connectivity index is 1.54. The number of furan rings is 1. The van der Waals surface area contributed by atoms with Crippen LogP contribution < -0.4 is 10.7 Å². The van der Waals surface area contributed by atoms with Gasteiger partial charge in [-0.2, -0.15) is 5.10 Å². The van der Waals surface area contributed by atoms with Crippen LogP contribution in [0, 0.1) is 0 Å². The maximum atomic E-state index is 11.8. The molecule has 6 nitrogen and oxygen atoms in total. The number of nitrogens with zero attached hydrogens (tertiary/aromatic N) is 1. The minimum Gasteiger partial charge on any atom is -0.459 e. The fraction of sp³-hybridized carbons (Fsp3) is 0.316. The van der Waals surface area contributed by atoms with E-state index in [2.05, 4.69) is 28.0 Å². The van der Waals surface area contributed by atoms with E-state index in [0.29, 0.717) is 0 Å². The Bertz CT molecular complexity index is 794. The Morgan fingerprint density at radius 2 is 1.96 bits per heavy atom. The third kappa shape index (κ3) is 4.35. The van der Waals surface area contributed by atoms with Crippen molar-refractivity contribution >= 4 is 17.5 Å². The van der Waals surface area contributed by atoms with Gasteiger partial charge in [0.1, 0.15) is 0 Å². The van der Waals surface area contributed by atoms with Crippen molar-refractivity contribution in [1.82, 2.24) is 10.7 Å². The van der Waals surface area contributed by atoms with Crippen LogP contribution >= 0.6 is 0 Å². The van der Waals surface area contributed by atoms with Crippen LogP contribution in [0.1, 0.15) is 47.0 Å². The minimum absolute atomic E-state index is 0.166. The molecule has 2 N–H and O–H groups in total. The number of hydrogen-bond donors (Lipinski definition) is 2. The molecule has 2 aromatic rings. The van der Waals surface area contributed by atoms with Gasteiger partial charge in [0, 0.05) is 0 Å². The molecule has 1 heterocycles. The highest BCUT2D eigenvalue weighted by atomic mass is 16.3. The maximum absolute atomic E-state index is 11.8. The van der Waals surface area contributed by atoms with E-state index >= 15 is 0 Å². The number of fused-ring (bicyclic) bond motifs is 1. The van der Waals surface area contributed by atoms with Crippen molar-refractivity contribution < 1.29 is 14.0 Å². The first kappa shape index (κ1) is 17.0. The zero-order valence-corrected chi connectivity index (χ0v) is 14.2. The van der Waals surface area contributed by atoms with Crippen LogP contribution in [0.2, 0.25) is 0 Å². The molecule has 0 aliphatic heterocycles. The van der Waals surface area contributed by atoms with Crippen molar-refractivity contribution in [1.29, 1.82) is 0 Å². The molecule has 1 aromatic carbocycles. The molecule has 130 valence electrons. The van der Waals surface area contributed by atoms with Crippen molar-refractivity contribution in [3.63, 3.8) is 0 Å². The predicted molar refractivity (Wildman–Crippen MR) is 94.5 cm³/mol. The first-order chi connectivity index (χ1) is 12.1. The van der Waals surface area contributed by atoms with Crippen LogP contribution in [0.4, 0.5) is 0 Å². The van der Waals surface area contributed by atoms with E-state index in [4.69, 9.17) is 4.42 Å². The Kier molecular flexibility index (Phi) is 5.28. The van der Waals surface area contributed by atoms with Gasteiger partial charge in [-0.15, -0.1) is 0 Å². The van der Waals surface area contributed by atoms with Crippen LogP contribution in [-0.4, -0.2) is 24.1 Å². The molecule has 0 spiro atoms. The second-order valence-electron chi connectivity index (χ2n) is 6.08. The zero-order chi connectivity index (χ0) is 17.6. The second kappa shape index (κ2) is 7.79. The third-order valence-electron chi connectivity index (χ3n) is 4.27. The molecule has 3 rings (SSSR count). The van der Waals surface area contributed by atoms with E-state index in [9.17, 15) is 9.59 Å². The molecule has 25 heavy (non-hydrogen) atoms. The molecule has 0 saturated heterocycles. The standard InChI is InChI=1S/C19H21N3O3/c1-13(15-9-8-14-5-2-3-6-16(14)11-15)21-22-18(23)12-20-19(24)17-7-4-10-25-17/h4,7-11H,2-3,5-6,12H2,1H3,(H,20,24)(H,22,23)/b21-13+. The fourth-order valence-corrected chi connectivity index (χ4v) is 2.86. The summed E-state index contributed by atoms with van der Waals surface area (Å²) in [4.78, 5) is 23.5. The normalized spacial score (nSPS) is 13.9. The van der Waals surface area contributed by atoms with Crippen LogP contribution in [0.5, 0.6) is 0 Å². The molecule has 1 aliphatic carbocycles. The summed E-state index contributed by atoms with van der Waals surface area (Å²) >= 11 is 0. The summed E-state index contributed by atoms with van der Waals surface area (Å²) in [5, 5.41) is 6.60. The number of nitrogens with one attached hydrogen (secondary N) is 2. The number of hydrazone groups is 1. The summed E-state index contributed by atoms with van der Waals surface area (Å²) < 4.78 is 4.96. The van der Waals surface area contributed by atoms with Crippen molar-refractivity contribution in [3.8, 4) is 0 Å². The maximum Gasteiger partial charge on any atom is 0.287 e. The van der Waals surface area contributed by atoms with Gasteiger partial charge >= 0.3 is 0 Å². The van der Waals surface area contributed by atoms with E-state index in [0.717, 1.165) is 24.1 Å². The molecule has 6 heteroatoms. The number of aryl methyl sites for hydroxylation is 2. The molecule has 1 aliphatic rings. The first-order valence-electron chi connectivity index (χ1n) is 8.40. The van der Waals surface area contributed by atoms with Crippen molar-refractivity contribution in [2.45, 2.75) is 32.6 Å². The van der Waals surface area contributed by atoms with Gasteiger partial charge in [-0.25, -0.2) is 5.43 Å². The van der Waals surface area contributed by atoms with E-state index in [-0.39, 0.29) is 12.3 Å². The Hall–Kier alpha value is -2.89. The molecular formula is C19H21N3O3. The van der Waals surface area contributed by atoms with Crippen molar-refractivity contribution in [2.75, 3.05) is 6.54 Å². The SMILES string of the molecule is C/C(=N\NC(=O)CNC(=O)c1ccco1)c1ccc2c(c1)CCCC2. The van der Waals surface area contributed by atoms with Gasteiger partial charge in [-0.3, -0.25) is 9.59 Å². The molecule has 0 bridgehead atoms. The highest BCUT2D eigenvalue weighted by Gasteiger charge is 2.12. The van der Waals surface area contributed by atoms with E-state index in [1.165, 1.54) is 36.3 Å². The lowest BCUT2D eigenvalue weighted by atomic mass is 9.90. The Morgan fingerprint density at radius 1 is 1.16 bits per heavy atom. The quantitative estimate of drug-likeness (QED) is 0.648. The molecular weight excluding hydrogens is 318 g/mol. The average molecular weight is 339 g/mol. The number of hydrogen-bond acceptors (Lipinski definition) is 4. The molecule has 0 atom stereocenters. The minimum atomic E-state index is -0.435. The molecule has 0 unspecified atom stereocenters. The van der Waals surface area contributed by atoms with Gasteiger partial charge in [0.05, 0.1) is 18.5 Å². The Morgan fingerprint density at radius 3 is 2.72 bits per heavy atom. The summed E-state index contributed by atoms with van der Waals surface area (Å²) in [6.07, 6.45) is 6.11. The average Bonchev–Trinajstić information content (AvgIpc) is 3.18. The van der Waals surface area contributed by atoms with Gasteiger partial charge < -0.3 is 9.73 Å². The van der Waals surface area contributed by atoms with Crippen molar-refractivity contribution in [3.05, 3.63) is 59.0 Å². The Labute approximate surface area is 146 Å². The topological polar surface area (TPSA) is 83.7 Å². The largest absolute Gasteiger partial charge is 0.459 e. The zero-order valence-electron chi connectivity index (χ0n) is 14.2. The summed E-state index contributed by atoms with van der Waals surface area (Å²) in [7, 11) is 0. The summed E-state index contributed by atoms with van der Waals surface area (Å²) in [6.45, 7) is 1.69. The smallest absolute Gasteiger partial charge is 0.287 e. The van der Waals surface area contributed by atoms with Crippen LogP contribution in [0.25, 0.3) is 0 Å². The van der Waals surface area contributed by atoms with Crippen LogP contribution in [0.15, 0.2) is 46.1 Å². The lowest BCUT2D eigenvalue weighted by Crippen LogP contribution is -2.35. The predicted octanol–water partition coefficient (Wildman–Crippen LogP) is 2.43. The van der Waals surface area contributed by atoms with E-state index < -0.39 is 11.8 Å². The second-order valence-corrected chi connectivity index (χ2v) is 6.08. The number of benzene rings is 1. The van der Waals surface area contributed by atoms with Gasteiger partial charge in [0.15, 0.2) is 5.76 Å². The van der Waals surface area contributed by atoms with Gasteiger partial charge in [0.25, 0.3) is 11.8 Å². The highest BCUT2D eigenvalue weighted by Crippen LogP contribution is 2.22. The summed E-state index contributed by atoms with van der Waals surface area (Å²) in [6, 6.07) is 9.48. The van der Waals surface area contributed by atoms with Crippen LogP contribution in [0.3, 0.4) is 0 Å². The third-order valence-corrected chi connectivity index (χ3v) is 4.27. The molecule has 1 aromatic heterocycles. The molecule has 0 saturated carbocycles. The van der Waals surface area contributed by atoms with Gasteiger partial charge in [-0.05, 0) is 67.5 Å². The summed E-state index contributed by atoms with van der Waals surface area (Å²) in [5.74, 6) is -0.658. The number of carbonyl (C=O) groups is 2. The van der Waals surface area contributed by atoms with E-state index in [1.54, 1.807) is 6.07 Å². The van der Waals surface area contributed by atoms with Crippen LogP contribution in [-0.2, 0) is 17.6 Å². The molecule has 2 amide bonds. The highest BCUT2D eigenvalue weighted by molar-refractivity contribution is 6.00. The number of rotatable bonds is 5. The fourth-order valence-electron chi connectivity index (χ4n) is 2.86. The number of amides is 2. The molecule has 0 fully saturated rings. The lowest BCUT2D eigenvalue weighted by Gasteiger charge is -2.16. The number of carbonyl (C=O) groups excluding carboxylic acids is 2. The lowest BCUT2D eigenvalue weighted by molar-refractivity contribution is -0.120. The monoisotopic (exact) mass is 339 g/mol. The first-order valence-corrected chi connectivity index (χ1v) is 8.40.